The van der Waals surface area contributed by atoms with Crippen LogP contribution in [0.2, 0.25) is 0 Å². The maximum Gasteiger partial charge on any atom is 0.227 e. The first-order chi connectivity index (χ1) is 9.28. The molecular formula is C12H21N3O4S. The van der Waals surface area contributed by atoms with Gasteiger partial charge in [0.2, 0.25) is 21.8 Å². The third-order valence-corrected chi connectivity index (χ3v) is 5.00. The van der Waals surface area contributed by atoms with Crippen LogP contribution in [0.5, 0.6) is 0 Å². The number of fused-ring (bicyclic) bond motifs is 1. The highest BCUT2D eigenvalue weighted by molar-refractivity contribution is 7.89. The highest BCUT2D eigenvalue weighted by atomic mass is 32.2. The average molecular weight is 303 g/mol. The summed E-state index contributed by atoms with van der Waals surface area (Å²) in [6.45, 7) is 1.81. The van der Waals surface area contributed by atoms with Crippen molar-refractivity contribution in [1.82, 2.24) is 9.80 Å². The standard InChI is InChI=1S/C12H21N3O4S/c1-14-5-4-9-7-15(8-10(9)12(14)17)11(16)3-2-6-20(13,18)19/h9-10H,2-8H2,1H3,(H2,13,18,19)/t9-,10+/m1/s1. The molecule has 0 saturated carbocycles. The highest BCUT2D eigenvalue weighted by Gasteiger charge is 2.42. The van der Waals surface area contributed by atoms with Crippen molar-refractivity contribution in [2.24, 2.45) is 17.0 Å². The summed E-state index contributed by atoms with van der Waals surface area (Å²) in [6.07, 6.45) is 1.32. The van der Waals surface area contributed by atoms with E-state index < -0.39 is 10.0 Å². The second-order valence-corrected chi connectivity index (χ2v) is 7.42. The van der Waals surface area contributed by atoms with E-state index in [0.29, 0.717) is 13.1 Å². The van der Waals surface area contributed by atoms with Crippen molar-refractivity contribution in [3.05, 3.63) is 0 Å². The fraction of sp³-hybridized carbons (Fsp3) is 0.833. The van der Waals surface area contributed by atoms with E-state index >= 15 is 0 Å². The lowest BCUT2D eigenvalue weighted by molar-refractivity contribution is -0.138. The first kappa shape index (κ1) is 15.2. The van der Waals surface area contributed by atoms with Crippen LogP contribution in [0.25, 0.3) is 0 Å². The summed E-state index contributed by atoms with van der Waals surface area (Å²) in [5.74, 6) is 0.0117. The Labute approximate surface area is 119 Å². The van der Waals surface area contributed by atoms with Crippen molar-refractivity contribution in [2.75, 3.05) is 32.4 Å². The summed E-state index contributed by atoms with van der Waals surface area (Å²) in [6, 6.07) is 0. The van der Waals surface area contributed by atoms with Gasteiger partial charge in [-0.15, -0.1) is 0 Å². The minimum absolute atomic E-state index is 0.0847. The van der Waals surface area contributed by atoms with E-state index in [2.05, 4.69) is 0 Å². The summed E-state index contributed by atoms with van der Waals surface area (Å²) in [4.78, 5) is 27.4. The van der Waals surface area contributed by atoms with E-state index in [4.69, 9.17) is 5.14 Å². The fourth-order valence-corrected chi connectivity index (χ4v) is 3.53. The van der Waals surface area contributed by atoms with Crippen molar-refractivity contribution < 1.29 is 18.0 Å². The number of sulfonamides is 1. The number of primary sulfonamides is 1. The second-order valence-electron chi connectivity index (χ2n) is 5.68. The normalized spacial score (nSPS) is 26.8. The van der Waals surface area contributed by atoms with Gasteiger partial charge in [-0.25, -0.2) is 13.6 Å². The zero-order chi connectivity index (χ0) is 14.9. The molecule has 0 unspecified atom stereocenters. The number of hydrogen-bond donors (Lipinski definition) is 1. The molecule has 2 aliphatic heterocycles. The molecule has 2 N–H and O–H groups in total. The van der Waals surface area contributed by atoms with Gasteiger partial charge >= 0.3 is 0 Å². The smallest absolute Gasteiger partial charge is 0.227 e. The molecule has 0 radical (unpaired) electrons. The Hall–Kier alpha value is -1.15. The quantitative estimate of drug-likeness (QED) is 0.719. The molecule has 2 saturated heterocycles. The molecule has 2 heterocycles. The predicted molar refractivity (Wildman–Crippen MR) is 73.0 cm³/mol. The van der Waals surface area contributed by atoms with Crippen molar-refractivity contribution in [3.8, 4) is 0 Å². The molecule has 0 spiro atoms. The summed E-state index contributed by atoms with van der Waals surface area (Å²) in [5.41, 5.74) is 0. The van der Waals surface area contributed by atoms with E-state index in [1.807, 2.05) is 0 Å². The zero-order valence-electron chi connectivity index (χ0n) is 11.6. The molecule has 2 atom stereocenters. The summed E-state index contributed by atoms with van der Waals surface area (Å²) < 4.78 is 21.6. The third-order valence-electron chi connectivity index (χ3n) is 4.14. The molecule has 7 nitrogen and oxygen atoms in total. The van der Waals surface area contributed by atoms with Gasteiger partial charge in [0.05, 0.1) is 11.7 Å². The number of hydrogen-bond acceptors (Lipinski definition) is 4. The SMILES string of the molecule is CN1CC[C@@H]2CN(C(=O)CCCS(N)(=O)=O)C[C@@H]2C1=O. The van der Waals surface area contributed by atoms with Crippen molar-refractivity contribution in [2.45, 2.75) is 19.3 Å². The van der Waals surface area contributed by atoms with Gasteiger partial charge in [-0.1, -0.05) is 0 Å². The molecule has 0 aromatic rings. The summed E-state index contributed by atoms with van der Waals surface area (Å²) in [7, 11) is -1.72. The molecule has 0 bridgehead atoms. The molecule has 0 aromatic heterocycles. The van der Waals surface area contributed by atoms with Crippen LogP contribution in [-0.4, -0.2) is 62.5 Å². The lowest BCUT2D eigenvalue weighted by atomic mass is 9.88. The minimum Gasteiger partial charge on any atom is -0.345 e. The van der Waals surface area contributed by atoms with Crippen LogP contribution < -0.4 is 5.14 Å². The highest BCUT2D eigenvalue weighted by Crippen LogP contribution is 2.31. The van der Waals surface area contributed by atoms with Gasteiger partial charge in [0, 0.05) is 33.1 Å². The molecule has 2 rings (SSSR count). The van der Waals surface area contributed by atoms with Crippen molar-refractivity contribution in [3.63, 3.8) is 0 Å². The van der Waals surface area contributed by atoms with Crippen LogP contribution in [-0.2, 0) is 19.6 Å². The van der Waals surface area contributed by atoms with E-state index in [0.717, 1.165) is 13.0 Å². The zero-order valence-corrected chi connectivity index (χ0v) is 12.4. The number of carbonyl (C=O) groups excluding carboxylic acids is 2. The van der Waals surface area contributed by atoms with Gasteiger partial charge in [-0.2, -0.15) is 0 Å². The van der Waals surface area contributed by atoms with Crippen LogP contribution in [0, 0.1) is 11.8 Å². The minimum atomic E-state index is -3.51. The molecule has 0 aliphatic carbocycles. The van der Waals surface area contributed by atoms with Crippen LogP contribution >= 0.6 is 0 Å². The van der Waals surface area contributed by atoms with Crippen molar-refractivity contribution >= 4 is 21.8 Å². The molecule has 2 fully saturated rings. The Morgan fingerprint density at radius 2 is 2.10 bits per heavy atom. The Balaban J connectivity index is 1.86. The molecule has 2 aliphatic rings. The molecular weight excluding hydrogens is 282 g/mol. The van der Waals surface area contributed by atoms with Gasteiger partial charge in [-0.3, -0.25) is 9.59 Å². The van der Waals surface area contributed by atoms with E-state index in [1.165, 1.54) is 0 Å². The van der Waals surface area contributed by atoms with Crippen LogP contribution in [0.3, 0.4) is 0 Å². The number of amides is 2. The van der Waals surface area contributed by atoms with Crippen LogP contribution in [0.15, 0.2) is 0 Å². The molecule has 0 aromatic carbocycles. The molecule has 2 amide bonds. The van der Waals surface area contributed by atoms with Crippen LogP contribution in [0.1, 0.15) is 19.3 Å². The van der Waals surface area contributed by atoms with E-state index in [9.17, 15) is 18.0 Å². The Bertz CT molecular complexity index is 505. The average Bonchev–Trinajstić information content (AvgIpc) is 2.77. The second kappa shape index (κ2) is 5.69. The van der Waals surface area contributed by atoms with Gasteiger partial charge in [0.1, 0.15) is 0 Å². The van der Waals surface area contributed by atoms with E-state index in [1.54, 1.807) is 16.8 Å². The lowest BCUT2D eigenvalue weighted by Gasteiger charge is -2.30. The maximum atomic E-state index is 12.0. The van der Waals surface area contributed by atoms with E-state index in [-0.39, 0.29) is 42.2 Å². The fourth-order valence-electron chi connectivity index (χ4n) is 2.98. The van der Waals surface area contributed by atoms with Gasteiger partial charge in [0.15, 0.2) is 0 Å². The van der Waals surface area contributed by atoms with Gasteiger partial charge in [-0.05, 0) is 18.8 Å². The Morgan fingerprint density at radius 3 is 2.75 bits per heavy atom. The predicted octanol–water partition coefficient (Wildman–Crippen LogP) is -1.01. The molecule has 8 heteroatoms. The first-order valence-electron chi connectivity index (χ1n) is 6.81. The number of piperidine rings is 1. The van der Waals surface area contributed by atoms with Crippen LogP contribution in [0.4, 0.5) is 0 Å². The summed E-state index contributed by atoms with van der Waals surface area (Å²) >= 11 is 0. The monoisotopic (exact) mass is 303 g/mol. The Kier molecular flexibility index (Phi) is 4.33. The van der Waals surface area contributed by atoms with Gasteiger partial charge < -0.3 is 9.80 Å². The van der Waals surface area contributed by atoms with Gasteiger partial charge in [0.25, 0.3) is 0 Å². The third kappa shape index (κ3) is 3.49. The summed E-state index contributed by atoms with van der Waals surface area (Å²) in [5, 5.41) is 4.90. The Morgan fingerprint density at radius 1 is 1.40 bits per heavy atom. The first-order valence-corrected chi connectivity index (χ1v) is 8.52. The topological polar surface area (TPSA) is 101 Å². The maximum absolute atomic E-state index is 12.0. The molecule has 20 heavy (non-hydrogen) atoms. The van der Waals surface area contributed by atoms with Crippen molar-refractivity contribution in [1.29, 1.82) is 0 Å². The lowest BCUT2D eigenvalue weighted by Crippen LogP contribution is -2.42. The number of carbonyl (C=O) groups is 2. The number of nitrogens with two attached hydrogens (primary N) is 1. The number of nitrogens with zero attached hydrogens (tertiary/aromatic N) is 2. The number of rotatable bonds is 4. The largest absolute Gasteiger partial charge is 0.345 e. The number of likely N-dealkylation sites (tertiary alicyclic amines) is 2. The molecule has 114 valence electrons.